The molecule has 0 radical (unpaired) electrons. The summed E-state index contributed by atoms with van der Waals surface area (Å²) in [7, 11) is 0. The molecule has 0 saturated carbocycles. The first-order valence-electron chi connectivity index (χ1n) is 4.63. The van der Waals surface area contributed by atoms with Crippen molar-refractivity contribution in [3.8, 4) is 5.75 Å². The molecule has 0 saturated heterocycles. The van der Waals surface area contributed by atoms with E-state index >= 15 is 0 Å². The van der Waals surface area contributed by atoms with Crippen molar-refractivity contribution in [1.29, 1.82) is 0 Å². The highest BCUT2D eigenvalue weighted by Gasteiger charge is 2.07. The third-order valence-corrected chi connectivity index (χ3v) is 1.92. The molecule has 0 amide bonds. The summed E-state index contributed by atoms with van der Waals surface area (Å²) in [4.78, 5) is 10.7. The summed E-state index contributed by atoms with van der Waals surface area (Å²) in [5.41, 5.74) is 0.311. The minimum Gasteiger partial charge on any atom is -0.508 e. The predicted molar refractivity (Wildman–Crippen MR) is 56.6 cm³/mol. The summed E-state index contributed by atoms with van der Waals surface area (Å²) >= 11 is 0. The number of hydrogen-bond donors (Lipinski definition) is 5. The van der Waals surface area contributed by atoms with E-state index < -0.39 is 18.7 Å². The van der Waals surface area contributed by atoms with Gasteiger partial charge in [0.15, 0.2) is 0 Å². The van der Waals surface area contributed by atoms with Gasteiger partial charge in [-0.3, -0.25) is 0 Å². The molecule has 6 nitrogen and oxygen atoms in total. The molecule has 0 heterocycles. The van der Waals surface area contributed by atoms with Crippen LogP contribution >= 0.6 is 0 Å². The van der Waals surface area contributed by atoms with Crippen molar-refractivity contribution < 1.29 is 25.2 Å². The smallest absolute Gasteiger partial charge is 0.335 e. The Labute approximate surface area is 91.8 Å². The number of aliphatic hydroxyl groups excluding tert-OH is 2. The highest BCUT2D eigenvalue weighted by Crippen LogP contribution is 2.19. The van der Waals surface area contributed by atoms with Crippen LogP contribution in [0.15, 0.2) is 18.2 Å². The van der Waals surface area contributed by atoms with Crippen molar-refractivity contribution in [1.82, 2.24) is 0 Å². The third kappa shape index (κ3) is 3.41. The summed E-state index contributed by atoms with van der Waals surface area (Å²) in [5.74, 6) is -1.33. The van der Waals surface area contributed by atoms with E-state index in [0.717, 1.165) is 6.07 Å². The number of carboxylic acid groups (broad SMARTS) is 1. The van der Waals surface area contributed by atoms with Crippen LogP contribution in [0.1, 0.15) is 10.4 Å². The monoisotopic (exact) mass is 227 g/mol. The predicted octanol–water partition coefficient (Wildman–Crippen LogP) is -0.145. The van der Waals surface area contributed by atoms with Gasteiger partial charge in [0.05, 0.1) is 18.3 Å². The Morgan fingerprint density at radius 1 is 1.38 bits per heavy atom. The lowest BCUT2D eigenvalue weighted by Crippen LogP contribution is -2.23. The lowest BCUT2D eigenvalue weighted by atomic mass is 10.2. The maximum absolute atomic E-state index is 10.7. The summed E-state index contributed by atoms with van der Waals surface area (Å²) in [5, 5.41) is 38.3. The second kappa shape index (κ2) is 5.34. The van der Waals surface area contributed by atoms with Crippen LogP contribution in [-0.2, 0) is 0 Å². The van der Waals surface area contributed by atoms with Gasteiger partial charge in [-0.1, -0.05) is 0 Å². The van der Waals surface area contributed by atoms with Crippen molar-refractivity contribution in [3.63, 3.8) is 0 Å². The molecule has 5 N–H and O–H groups in total. The minimum atomic E-state index is -1.15. The topological polar surface area (TPSA) is 110 Å². The van der Waals surface area contributed by atoms with Crippen LogP contribution < -0.4 is 5.32 Å². The number of anilines is 1. The van der Waals surface area contributed by atoms with Gasteiger partial charge in [0.1, 0.15) is 5.75 Å². The van der Waals surface area contributed by atoms with Gasteiger partial charge >= 0.3 is 5.97 Å². The van der Waals surface area contributed by atoms with Gasteiger partial charge in [0.2, 0.25) is 0 Å². The van der Waals surface area contributed by atoms with Gasteiger partial charge in [0.25, 0.3) is 0 Å². The number of hydrogen-bond acceptors (Lipinski definition) is 5. The number of aromatic hydroxyl groups is 1. The van der Waals surface area contributed by atoms with Crippen LogP contribution in [0.5, 0.6) is 5.75 Å². The summed E-state index contributed by atoms with van der Waals surface area (Å²) < 4.78 is 0. The molecule has 0 bridgehead atoms. The fraction of sp³-hybridized carbons (Fsp3) is 0.300. The molecule has 1 atom stereocenters. The van der Waals surface area contributed by atoms with E-state index in [1.807, 2.05) is 0 Å². The lowest BCUT2D eigenvalue weighted by Gasteiger charge is -2.11. The molecule has 0 fully saturated rings. The molecule has 1 rings (SSSR count). The number of phenols is 1. The number of aromatic carboxylic acids is 1. The van der Waals surface area contributed by atoms with E-state index in [4.69, 9.17) is 15.3 Å². The molecular weight excluding hydrogens is 214 g/mol. The average Bonchev–Trinajstić information content (AvgIpc) is 2.25. The summed E-state index contributed by atoms with van der Waals surface area (Å²) in [6.07, 6.45) is -0.935. The second-order valence-corrected chi connectivity index (χ2v) is 3.29. The SMILES string of the molecule is O=C(O)c1cc(O)cc(NCC(O)CO)c1. The Hall–Kier alpha value is -1.79. The highest BCUT2D eigenvalue weighted by molar-refractivity contribution is 5.89. The number of aliphatic hydroxyl groups is 2. The molecular formula is C10H13NO5. The first-order valence-corrected chi connectivity index (χ1v) is 4.63. The molecule has 0 aliphatic carbocycles. The summed E-state index contributed by atoms with van der Waals surface area (Å²) in [6, 6.07) is 3.78. The normalized spacial score (nSPS) is 12.1. The molecule has 1 aromatic rings. The standard InChI is InChI=1S/C10H13NO5/c12-5-9(14)4-11-7-1-6(10(15)16)2-8(13)3-7/h1-3,9,11-14H,4-5H2,(H,15,16). The van der Waals surface area contributed by atoms with Crippen LogP contribution in [0.3, 0.4) is 0 Å². The maximum atomic E-state index is 10.7. The first-order chi connectivity index (χ1) is 7.52. The van der Waals surface area contributed by atoms with E-state index in [1.165, 1.54) is 12.1 Å². The van der Waals surface area contributed by atoms with Crippen LogP contribution in [0.4, 0.5) is 5.69 Å². The molecule has 0 spiro atoms. The number of nitrogens with one attached hydrogen (secondary N) is 1. The van der Waals surface area contributed by atoms with E-state index in [1.54, 1.807) is 0 Å². The van der Waals surface area contributed by atoms with E-state index in [9.17, 15) is 9.90 Å². The minimum absolute atomic E-state index is 0.0546. The van der Waals surface area contributed by atoms with E-state index in [2.05, 4.69) is 5.32 Å². The van der Waals surface area contributed by atoms with Crippen molar-refractivity contribution in [3.05, 3.63) is 23.8 Å². The zero-order valence-corrected chi connectivity index (χ0v) is 8.42. The number of rotatable bonds is 5. The molecule has 0 aliphatic rings. The van der Waals surface area contributed by atoms with Gasteiger partial charge in [-0.2, -0.15) is 0 Å². The Balaban J connectivity index is 2.76. The summed E-state index contributed by atoms with van der Waals surface area (Å²) in [6.45, 7) is -0.323. The molecule has 16 heavy (non-hydrogen) atoms. The molecule has 0 aromatic heterocycles. The Morgan fingerprint density at radius 2 is 2.06 bits per heavy atom. The van der Waals surface area contributed by atoms with Gasteiger partial charge in [-0.25, -0.2) is 4.79 Å². The Morgan fingerprint density at radius 3 is 2.62 bits per heavy atom. The van der Waals surface area contributed by atoms with E-state index in [-0.39, 0.29) is 17.9 Å². The number of benzene rings is 1. The largest absolute Gasteiger partial charge is 0.508 e. The number of phenolic OH excluding ortho intramolecular Hbond substituents is 1. The van der Waals surface area contributed by atoms with Gasteiger partial charge in [0, 0.05) is 18.3 Å². The lowest BCUT2D eigenvalue weighted by molar-refractivity contribution is 0.0696. The fourth-order valence-corrected chi connectivity index (χ4v) is 1.14. The Kier molecular flexibility index (Phi) is 4.10. The van der Waals surface area contributed by atoms with Crippen LogP contribution in [0, 0.1) is 0 Å². The van der Waals surface area contributed by atoms with Crippen LogP contribution in [0.25, 0.3) is 0 Å². The fourth-order valence-electron chi connectivity index (χ4n) is 1.14. The molecule has 88 valence electrons. The second-order valence-electron chi connectivity index (χ2n) is 3.29. The van der Waals surface area contributed by atoms with Gasteiger partial charge in [-0.05, 0) is 12.1 Å². The highest BCUT2D eigenvalue weighted by atomic mass is 16.4. The zero-order valence-electron chi connectivity index (χ0n) is 8.42. The Bertz CT molecular complexity index is 379. The van der Waals surface area contributed by atoms with E-state index in [0.29, 0.717) is 5.69 Å². The van der Waals surface area contributed by atoms with Crippen LogP contribution in [-0.4, -0.2) is 45.7 Å². The van der Waals surface area contributed by atoms with Gasteiger partial charge < -0.3 is 25.7 Å². The number of carboxylic acids is 1. The zero-order chi connectivity index (χ0) is 12.1. The molecule has 1 aromatic carbocycles. The van der Waals surface area contributed by atoms with Crippen molar-refractivity contribution in [2.45, 2.75) is 6.10 Å². The third-order valence-electron chi connectivity index (χ3n) is 1.92. The van der Waals surface area contributed by atoms with Gasteiger partial charge in [-0.15, -0.1) is 0 Å². The maximum Gasteiger partial charge on any atom is 0.335 e. The van der Waals surface area contributed by atoms with Crippen LogP contribution in [0.2, 0.25) is 0 Å². The molecule has 0 aliphatic heterocycles. The first kappa shape index (κ1) is 12.3. The average molecular weight is 227 g/mol. The van der Waals surface area contributed by atoms with Crippen molar-refractivity contribution in [2.75, 3.05) is 18.5 Å². The van der Waals surface area contributed by atoms with Crippen molar-refractivity contribution in [2.24, 2.45) is 0 Å². The van der Waals surface area contributed by atoms with Crippen molar-refractivity contribution >= 4 is 11.7 Å². The molecule has 1 unspecified atom stereocenters. The quantitative estimate of drug-likeness (QED) is 0.478. The molecule has 6 heteroatoms. The number of carbonyl (C=O) groups is 1.